The van der Waals surface area contributed by atoms with E-state index in [1.165, 1.54) is 19.1 Å². The number of hydrogen-bond donors (Lipinski definition) is 0. The van der Waals surface area contributed by atoms with Gasteiger partial charge in [-0.2, -0.15) is 0 Å². The van der Waals surface area contributed by atoms with E-state index in [9.17, 15) is 18.4 Å². The molecule has 1 aromatic rings. The van der Waals surface area contributed by atoms with E-state index in [4.69, 9.17) is 11.6 Å². The molecule has 0 amide bonds. The fourth-order valence-corrected chi connectivity index (χ4v) is 0.988. The largest absolute Gasteiger partial charge is 0.467 e. The molecule has 0 saturated carbocycles. The molecule has 6 heteroatoms. The number of benzene rings is 1. The Hall–Kier alpha value is -1.49. The maximum absolute atomic E-state index is 12.8. The average Bonchev–Trinajstić information content (AvgIpc) is 2.28. The first-order valence-corrected chi connectivity index (χ1v) is 4.89. The Morgan fingerprint density at radius 2 is 2.00 bits per heavy atom. The van der Waals surface area contributed by atoms with Crippen molar-refractivity contribution in [3.05, 3.63) is 34.6 Å². The van der Waals surface area contributed by atoms with Crippen LogP contribution in [0.2, 0.25) is 5.02 Å². The van der Waals surface area contributed by atoms with Crippen LogP contribution >= 0.6 is 11.6 Å². The number of esters is 1. The van der Waals surface area contributed by atoms with E-state index >= 15 is 0 Å². The second-order valence-corrected chi connectivity index (χ2v) is 3.33. The number of rotatable bonds is 2. The van der Waals surface area contributed by atoms with Crippen LogP contribution in [0.5, 0.6) is 0 Å². The molecule has 0 aliphatic carbocycles. The summed E-state index contributed by atoms with van der Waals surface area (Å²) in [7, 11) is 1.14. The van der Waals surface area contributed by atoms with Crippen LogP contribution < -0.4 is 0 Å². The van der Waals surface area contributed by atoms with Crippen molar-refractivity contribution in [1.82, 2.24) is 0 Å². The lowest BCUT2D eigenvalue weighted by molar-refractivity contribution is -0.141. The molecule has 0 heterocycles. The zero-order valence-corrected chi connectivity index (χ0v) is 10.1. The Labute approximate surface area is 102 Å². The molecule has 0 bridgehead atoms. The van der Waals surface area contributed by atoms with Crippen molar-refractivity contribution < 1.29 is 23.1 Å². The molecule has 94 valence electrons. The van der Waals surface area contributed by atoms with E-state index in [2.05, 4.69) is 4.74 Å². The van der Waals surface area contributed by atoms with E-state index in [-0.39, 0.29) is 11.3 Å². The summed E-state index contributed by atoms with van der Waals surface area (Å²) in [4.78, 5) is 20.3. The van der Waals surface area contributed by atoms with Crippen molar-refractivity contribution in [2.75, 3.05) is 13.8 Å². The molecule has 0 aliphatic heterocycles. The van der Waals surface area contributed by atoms with Crippen LogP contribution in [0.25, 0.3) is 0 Å². The van der Waals surface area contributed by atoms with Gasteiger partial charge in [0.05, 0.1) is 12.7 Å². The fourth-order valence-electron chi connectivity index (χ4n) is 0.830. The number of hydrogen-bond acceptors (Lipinski definition) is 3. The number of halogens is 3. The minimum Gasteiger partial charge on any atom is -0.467 e. The molecule has 0 aromatic heterocycles. The smallest absolute Gasteiger partial charge is 0.337 e. The summed E-state index contributed by atoms with van der Waals surface area (Å²) >= 11 is 5.47. The summed E-state index contributed by atoms with van der Waals surface area (Å²) in [5, 5.41) is 0.299. The first-order valence-electron chi connectivity index (χ1n) is 4.51. The SMILES string of the molecule is CC(=O)c1ccc(Cl)cc1F.COC(=O)CF. The van der Waals surface area contributed by atoms with Crippen LogP contribution in [0, 0.1) is 5.82 Å². The topological polar surface area (TPSA) is 43.4 Å². The number of ether oxygens (including phenoxy) is 1. The summed E-state index contributed by atoms with van der Waals surface area (Å²) < 4.78 is 27.6. The number of Topliss-reactive ketones (excluding diaryl/α,β-unsaturated/α-hetero) is 1. The zero-order chi connectivity index (χ0) is 13.4. The fraction of sp³-hybridized carbons (Fsp3) is 0.273. The molecule has 0 saturated heterocycles. The summed E-state index contributed by atoms with van der Waals surface area (Å²) in [5.74, 6) is -1.68. The number of carbonyl (C=O) groups excluding carboxylic acids is 2. The van der Waals surface area contributed by atoms with E-state index < -0.39 is 18.5 Å². The highest BCUT2D eigenvalue weighted by Crippen LogP contribution is 2.14. The van der Waals surface area contributed by atoms with Gasteiger partial charge < -0.3 is 4.74 Å². The van der Waals surface area contributed by atoms with E-state index in [0.29, 0.717) is 5.02 Å². The van der Waals surface area contributed by atoms with Crippen molar-refractivity contribution in [3.63, 3.8) is 0 Å². The van der Waals surface area contributed by atoms with Crippen LogP contribution in [0.3, 0.4) is 0 Å². The molecule has 1 rings (SSSR count). The second kappa shape index (κ2) is 7.73. The summed E-state index contributed by atoms with van der Waals surface area (Å²) in [6.07, 6.45) is 0. The highest BCUT2D eigenvalue weighted by molar-refractivity contribution is 6.30. The predicted molar refractivity (Wildman–Crippen MR) is 59.4 cm³/mol. The molecule has 0 N–H and O–H groups in total. The van der Waals surface area contributed by atoms with Gasteiger partial charge in [-0.25, -0.2) is 13.6 Å². The monoisotopic (exact) mass is 264 g/mol. The molecule has 3 nitrogen and oxygen atoms in total. The van der Waals surface area contributed by atoms with Gasteiger partial charge >= 0.3 is 5.97 Å². The Bertz CT molecular complexity index is 402. The Morgan fingerprint density at radius 1 is 1.41 bits per heavy atom. The lowest BCUT2D eigenvalue weighted by Gasteiger charge is -1.96. The minimum atomic E-state index is -1.03. The summed E-state index contributed by atoms with van der Waals surface area (Å²) in [5.41, 5.74) is 0.0781. The van der Waals surface area contributed by atoms with Gasteiger partial charge in [0.25, 0.3) is 0 Å². The van der Waals surface area contributed by atoms with Crippen LogP contribution in [0.4, 0.5) is 8.78 Å². The lowest BCUT2D eigenvalue weighted by Crippen LogP contribution is -2.00. The number of methoxy groups -OCH3 is 1. The molecular weight excluding hydrogens is 254 g/mol. The van der Waals surface area contributed by atoms with Gasteiger partial charge in [-0.3, -0.25) is 4.79 Å². The highest BCUT2D eigenvalue weighted by Gasteiger charge is 2.05. The van der Waals surface area contributed by atoms with Gasteiger partial charge in [-0.05, 0) is 25.1 Å². The van der Waals surface area contributed by atoms with Crippen LogP contribution in [-0.4, -0.2) is 25.5 Å². The Kier molecular flexibility index (Phi) is 7.05. The zero-order valence-electron chi connectivity index (χ0n) is 9.30. The Morgan fingerprint density at radius 3 is 2.29 bits per heavy atom. The van der Waals surface area contributed by atoms with Gasteiger partial charge in [-0.15, -0.1) is 0 Å². The van der Waals surface area contributed by atoms with Crippen molar-refractivity contribution in [3.8, 4) is 0 Å². The first kappa shape index (κ1) is 15.5. The third-order valence-electron chi connectivity index (χ3n) is 1.65. The quantitative estimate of drug-likeness (QED) is 0.609. The van der Waals surface area contributed by atoms with Gasteiger partial charge in [0, 0.05) is 5.02 Å². The molecule has 0 atom stereocenters. The van der Waals surface area contributed by atoms with Crippen LogP contribution in [0.1, 0.15) is 17.3 Å². The Balaban J connectivity index is 0.000000366. The van der Waals surface area contributed by atoms with Gasteiger partial charge in [0.15, 0.2) is 12.5 Å². The second-order valence-electron chi connectivity index (χ2n) is 2.89. The lowest BCUT2D eigenvalue weighted by atomic mass is 10.1. The normalized spacial score (nSPS) is 9.00. The summed E-state index contributed by atoms with van der Waals surface area (Å²) in [6, 6.07) is 3.99. The molecule has 17 heavy (non-hydrogen) atoms. The molecule has 1 aromatic carbocycles. The average molecular weight is 265 g/mol. The third kappa shape index (κ3) is 5.97. The third-order valence-corrected chi connectivity index (χ3v) is 1.88. The molecule has 0 fully saturated rings. The van der Waals surface area contributed by atoms with E-state index in [0.717, 1.165) is 13.2 Å². The maximum Gasteiger partial charge on any atom is 0.337 e. The molecule has 0 unspecified atom stereocenters. The van der Waals surface area contributed by atoms with Crippen molar-refractivity contribution in [1.29, 1.82) is 0 Å². The van der Waals surface area contributed by atoms with Gasteiger partial charge in [0.1, 0.15) is 5.82 Å². The molecule has 0 spiro atoms. The van der Waals surface area contributed by atoms with Crippen molar-refractivity contribution in [2.45, 2.75) is 6.92 Å². The van der Waals surface area contributed by atoms with Crippen molar-refractivity contribution >= 4 is 23.4 Å². The molecule has 0 radical (unpaired) electrons. The number of carbonyl (C=O) groups is 2. The molecule has 0 aliphatic rings. The van der Waals surface area contributed by atoms with Gasteiger partial charge in [0.2, 0.25) is 0 Å². The van der Waals surface area contributed by atoms with Gasteiger partial charge in [-0.1, -0.05) is 11.6 Å². The van der Waals surface area contributed by atoms with E-state index in [1.54, 1.807) is 0 Å². The maximum atomic E-state index is 12.8. The van der Waals surface area contributed by atoms with E-state index in [1.807, 2.05) is 0 Å². The number of ketones is 1. The summed E-state index contributed by atoms with van der Waals surface area (Å²) in [6.45, 7) is 0.281. The molecular formula is C11H11ClF2O3. The van der Waals surface area contributed by atoms with Crippen molar-refractivity contribution in [2.24, 2.45) is 0 Å². The first-order chi connectivity index (χ1) is 7.92. The van der Waals surface area contributed by atoms with Crippen LogP contribution in [-0.2, 0) is 9.53 Å². The minimum absolute atomic E-state index is 0.0781. The highest BCUT2D eigenvalue weighted by atomic mass is 35.5. The van der Waals surface area contributed by atoms with Crippen LogP contribution in [0.15, 0.2) is 18.2 Å². The predicted octanol–water partition coefficient (Wildman–Crippen LogP) is 2.81. The standard InChI is InChI=1S/C8H6ClFO.C3H5FO2/c1-5(11)7-3-2-6(9)4-8(7)10;1-6-3(5)2-4/h2-4H,1H3;2H2,1H3. The number of alkyl halides is 1.